The number of hydrogen-bond donors (Lipinski definition) is 0. The van der Waals surface area contributed by atoms with Gasteiger partial charge in [-0.05, 0) is 31.2 Å². The Morgan fingerprint density at radius 3 is 2.32 bits per heavy atom. The van der Waals surface area contributed by atoms with Crippen LogP contribution in [0.2, 0.25) is 0 Å². The highest BCUT2D eigenvalue weighted by Crippen LogP contribution is 2.34. The topological polar surface area (TPSA) is 104 Å². The van der Waals surface area contributed by atoms with Crippen molar-refractivity contribution in [3.63, 3.8) is 0 Å². The van der Waals surface area contributed by atoms with Gasteiger partial charge in [-0.15, -0.1) is 10.2 Å². The van der Waals surface area contributed by atoms with Crippen molar-refractivity contribution in [3.05, 3.63) is 54.9 Å². The Morgan fingerprint density at radius 1 is 0.920 bits per heavy atom. The molecule has 9 heteroatoms. The highest BCUT2D eigenvalue weighted by atomic mass is 32.2. The maximum Gasteiger partial charge on any atom is 0.277 e. The Morgan fingerprint density at radius 2 is 1.60 bits per heavy atom. The van der Waals surface area contributed by atoms with Gasteiger partial charge in [-0.2, -0.15) is 4.98 Å². The van der Waals surface area contributed by atoms with Gasteiger partial charge in [0.2, 0.25) is 17.6 Å². The molecule has 0 aliphatic rings. The van der Waals surface area contributed by atoms with Crippen LogP contribution in [-0.2, 0) is 0 Å². The van der Waals surface area contributed by atoms with Crippen LogP contribution in [0.1, 0.15) is 18.1 Å². The largest absolute Gasteiger partial charge is 0.411 e. The first-order valence-electron chi connectivity index (χ1n) is 7.44. The molecule has 0 aliphatic heterocycles. The molecule has 0 bridgehead atoms. The fourth-order valence-corrected chi connectivity index (χ4v) is 2.80. The number of rotatable bonds is 5. The molecule has 0 amide bonds. The molecule has 4 aromatic rings. The molecule has 0 spiro atoms. The first-order chi connectivity index (χ1) is 12.3. The van der Waals surface area contributed by atoms with E-state index >= 15 is 0 Å². The van der Waals surface area contributed by atoms with Crippen molar-refractivity contribution in [1.82, 2.24) is 30.3 Å². The lowest BCUT2D eigenvalue weighted by atomic mass is 10.2. The molecule has 25 heavy (non-hydrogen) atoms. The minimum Gasteiger partial charge on any atom is -0.411 e. The summed E-state index contributed by atoms with van der Waals surface area (Å²) in [6, 6.07) is 7.27. The Balaban J connectivity index is 1.49. The Hall–Kier alpha value is -3.07. The Labute approximate surface area is 146 Å². The van der Waals surface area contributed by atoms with Crippen LogP contribution in [0.5, 0.6) is 0 Å². The number of hydrogen-bond acceptors (Lipinski definition) is 9. The number of nitrogens with zero attached hydrogens (tertiary/aromatic N) is 6. The highest BCUT2D eigenvalue weighted by Gasteiger charge is 2.20. The first-order valence-corrected chi connectivity index (χ1v) is 8.32. The van der Waals surface area contributed by atoms with Crippen molar-refractivity contribution >= 4 is 11.8 Å². The number of thioether (sulfide) groups is 1. The van der Waals surface area contributed by atoms with Gasteiger partial charge in [0, 0.05) is 35.9 Å². The molecule has 1 atom stereocenters. The average molecular weight is 352 g/mol. The maximum atomic E-state index is 5.67. The van der Waals surface area contributed by atoms with Crippen LogP contribution < -0.4 is 0 Å². The molecular formula is C16H12N6O2S. The van der Waals surface area contributed by atoms with E-state index in [0.29, 0.717) is 22.8 Å². The summed E-state index contributed by atoms with van der Waals surface area (Å²) in [6.45, 7) is 1.94. The van der Waals surface area contributed by atoms with E-state index in [-0.39, 0.29) is 5.25 Å². The van der Waals surface area contributed by atoms with E-state index in [9.17, 15) is 0 Å². The maximum absolute atomic E-state index is 5.67. The summed E-state index contributed by atoms with van der Waals surface area (Å²) in [5.74, 6) is 1.45. The molecule has 124 valence electrons. The van der Waals surface area contributed by atoms with Gasteiger partial charge in [0.05, 0.1) is 5.25 Å². The van der Waals surface area contributed by atoms with Gasteiger partial charge in [-0.3, -0.25) is 9.97 Å². The molecule has 4 heterocycles. The summed E-state index contributed by atoms with van der Waals surface area (Å²) in [5.41, 5.74) is 1.67. The van der Waals surface area contributed by atoms with Gasteiger partial charge in [-0.25, -0.2) is 0 Å². The molecule has 0 saturated carbocycles. The van der Waals surface area contributed by atoms with Crippen molar-refractivity contribution in [3.8, 4) is 22.8 Å². The third kappa shape index (κ3) is 3.41. The second-order valence-corrected chi connectivity index (χ2v) is 6.35. The van der Waals surface area contributed by atoms with E-state index in [2.05, 4.69) is 30.3 Å². The third-order valence-corrected chi connectivity index (χ3v) is 4.26. The lowest BCUT2D eigenvalue weighted by Gasteiger charge is -2.00. The van der Waals surface area contributed by atoms with Crippen LogP contribution in [0.25, 0.3) is 22.8 Å². The predicted octanol–water partition coefficient (Wildman–Crippen LogP) is 3.43. The van der Waals surface area contributed by atoms with Gasteiger partial charge in [0.15, 0.2) is 0 Å². The summed E-state index contributed by atoms with van der Waals surface area (Å²) in [7, 11) is 0. The van der Waals surface area contributed by atoms with Crippen LogP contribution in [0, 0.1) is 0 Å². The van der Waals surface area contributed by atoms with Crippen molar-refractivity contribution < 1.29 is 8.94 Å². The van der Waals surface area contributed by atoms with Crippen LogP contribution >= 0.6 is 11.8 Å². The summed E-state index contributed by atoms with van der Waals surface area (Å²) >= 11 is 1.36. The quantitative estimate of drug-likeness (QED) is 0.499. The molecule has 0 N–H and O–H groups in total. The fraction of sp³-hybridized carbons (Fsp3) is 0.125. The molecule has 0 fully saturated rings. The number of pyridine rings is 2. The fourth-order valence-electron chi connectivity index (χ4n) is 2.09. The average Bonchev–Trinajstić information content (AvgIpc) is 3.33. The predicted molar refractivity (Wildman–Crippen MR) is 89.3 cm³/mol. The number of aromatic nitrogens is 6. The summed E-state index contributed by atoms with van der Waals surface area (Å²) in [5, 5.41) is 12.4. The summed E-state index contributed by atoms with van der Waals surface area (Å²) in [4.78, 5) is 12.4. The zero-order valence-electron chi connectivity index (χ0n) is 13.1. The van der Waals surface area contributed by atoms with E-state index in [0.717, 1.165) is 11.1 Å². The normalized spacial score (nSPS) is 12.2. The molecule has 4 rings (SSSR count). The molecule has 0 radical (unpaired) electrons. The van der Waals surface area contributed by atoms with Crippen LogP contribution in [0.15, 0.2) is 63.2 Å². The van der Waals surface area contributed by atoms with Gasteiger partial charge in [0.25, 0.3) is 5.22 Å². The van der Waals surface area contributed by atoms with Crippen LogP contribution in [0.3, 0.4) is 0 Å². The molecule has 4 aromatic heterocycles. The minimum atomic E-state index is -0.131. The molecular weight excluding hydrogens is 340 g/mol. The van der Waals surface area contributed by atoms with Gasteiger partial charge in [-0.1, -0.05) is 16.9 Å². The molecule has 8 nitrogen and oxygen atoms in total. The van der Waals surface area contributed by atoms with E-state index in [1.807, 2.05) is 31.2 Å². The van der Waals surface area contributed by atoms with E-state index in [1.165, 1.54) is 11.8 Å². The monoisotopic (exact) mass is 352 g/mol. The summed E-state index contributed by atoms with van der Waals surface area (Å²) < 4.78 is 11.0. The standard InChI is InChI=1S/C16H12N6O2S/c1-10(14-19-13(22-24-14)11-2-6-17-7-3-11)25-16-21-20-15(23-16)12-4-8-18-9-5-12/h2-10H,1H3. The van der Waals surface area contributed by atoms with Crippen molar-refractivity contribution in [2.45, 2.75) is 17.4 Å². The second kappa shape index (κ2) is 6.81. The van der Waals surface area contributed by atoms with Gasteiger partial charge < -0.3 is 8.94 Å². The smallest absolute Gasteiger partial charge is 0.277 e. The van der Waals surface area contributed by atoms with Crippen LogP contribution in [0.4, 0.5) is 0 Å². The molecule has 0 aliphatic carbocycles. The Bertz CT molecular complexity index is 957. The van der Waals surface area contributed by atoms with Gasteiger partial charge >= 0.3 is 0 Å². The lowest BCUT2D eigenvalue weighted by molar-refractivity contribution is 0.379. The van der Waals surface area contributed by atoms with Crippen molar-refractivity contribution in [2.75, 3.05) is 0 Å². The van der Waals surface area contributed by atoms with Crippen molar-refractivity contribution in [1.29, 1.82) is 0 Å². The molecule has 1 unspecified atom stereocenters. The first kappa shape index (κ1) is 15.5. The zero-order valence-corrected chi connectivity index (χ0v) is 13.9. The zero-order chi connectivity index (χ0) is 17.1. The second-order valence-electron chi connectivity index (χ2n) is 5.06. The molecule has 0 saturated heterocycles. The Kier molecular flexibility index (Phi) is 4.21. The minimum absolute atomic E-state index is 0.131. The summed E-state index contributed by atoms with van der Waals surface area (Å²) in [6.07, 6.45) is 6.72. The third-order valence-electron chi connectivity index (χ3n) is 3.34. The van der Waals surface area contributed by atoms with E-state index in [4.69, 9.17) is 8.94 Å². The highest BCUT2D eigenvalue weighted by molar-refractivity contribution is 7.99. The van der Waals surface area contributed by atoms with E-state index in [1.54, 1.807) is 24.8 Å². The van der Waals surface area contributed by atoms with Crippen molar-refractivity contribution in [2.24, 2.45) is 0 Å². The SMILES string of the molecule is CC(Sc1nnc(-c2ccncc2)o1)c1nc(-c2ccncc2)no1. The lowest BCUT2D eigenvalue weighted by Crippen LogP contribution is -1.89. The van der Waals surface area contributed by atoms with Crippen LogP contribution in [-0.4, -0.2) is 30.3 Å². The molecule has 0 aromatic carbocycles. The van der Waals surface area contributed by atoms with Gasteiger partial charge in [0.1, 0.15) is 0 Å². The van der Waals surface area contributed by atoms with E-state index < -0.39 is 0 Å².